The van der Waals surface area contributed by atoms with Crippen molar-refractivity contribution < 1.29 is 4.57 Å². The number of hydrogen-bond acceptors (Lipinski definition) is 0. The third kappa shape index (κ3) is 2.91. The summed E-state index contributed by atoms with van der Waals surface area (Å²) in [6.07, 6.45) is 5.21. The van der Waals surface area contributed by atoms with Crippen LogP contribution in [0.4, 0.5) is 0 Å². The van der Waals surface area contributed by atoms with Crippen LogP contribution in [0.1, 0.15) is 11.4 Å². The summed E-state index contributed by atoms with van der Waals surface area (Å²) in [5.41, 5.74) is 0. The number of hydrogen-bond donors (Lipinski definition) is 0. The van der Waals surface area contributed by atoms with E-state index < -0.39 is 0 Å². The molecule has 0 amide bonds. The second-order valence-corrected chi connectivity index (χ2v) is 4.08. The van der Waals surface area contributed by atoms with Crippen molar-refractivity contribution in [2.24, 2.45) is 0 Å². The molecule has 0 saturated carbocycles. The van der Waals surface area contributed by atoms with E-state index in [4.69, 9.17) is 0 Å². The molecule has 1 nitrogen and oxygen atoms in total. The van der Waals surface area contributed by atoms with Gasteiger partial charge in [0.2, 0.25) is 4.95 Å². The zero-order valence-electron chi connectivity index (χ0n) is 6.08. The van der Waals surface area contributed by atoms with E-state index in [1.165, 1.54) is 0 Å². The first kappa shape index (κ1) is 9.20. The van der Waals surface area contributed by atoms with Gasteiger partial charge in [-0.1, -0.05) is 22.0 Å². The number of halogens is 2. The Labute approximate surface area is 83.7 Å². The monoisotopic (exact) mass is 278 g/mol. The van der Waals surface area contributed by atoms with E-state index in [9.17, 15) is 0 Å². The Kier molecular flexibility index (Phi) is 4.08. The Balaban J connectivity index is 2.61. The lowest BCUT2D eigenvalue weighted by atomic mass is 10.4. The number of aromatic nitrogens is 1. The predicted molar refractivity (Wildman–Crippen MR) is 53.0 cm³/mol. The van der Waals surface area contributed by atoms with Crippen LogP contribution in [0.15, 0.2) is 30.6 Å². The summed E-state index contributed by atoms with van der Waals surface area (Å²) in [6, 6.07) is 6.08. The topological polar surface area (TPSA) is 3.88 Å². The minimum Gasteiger partial charge on any atom is -0.192 e. The van der Waals surface area contributed by atoms with Crippen molar-refractivity contribution in [2.45, 2.75) is 11.4 Å². The first-order chi connectivity index (χ1) is 5.34. The minimum absolute atomic E-state index is 0.406. The van der Waals surface area contributed by atoms with Gasteiger partial charge < -0.3 is 0 Å². The summed E-state index contributed by atoms with van der Waals surface area (Å²) in [5.74, 6) is 0. The largest absolute Gasteiger partial charge is 0.212 e. The molecule has 0 aliphatic rings. The Morgan fingerprint density at radius 1 is 1.18 bits per heavy atom. The predicted octanol–water partition coefficient (Wildman–Crippen LogP) is 2.65. The van der Waals surface area contributed by atoms with Crippen LogP contribution in [-0.2, 0) is 0 Å². The zero-order valence-corrected chi connectivity index (χ0v) is 9.25. The van der Waals surface area contributed by atoms with Crippen LogP contribution in [0.3, 0.4) is 0 Å². The van der Waals surface area contributed by atoms with E-state index in [0.29, 0.717) is 4.95 Å². The minimum atomic E-state index is 0.406. The quantitative estimate of drug-likeness (QED) is 0.592. The normalized spacial score (nSPS) is 12.9. The fraction of sp³-hybridized carbons (Fsp3) is 0.375. The van der Waals surface area contributed by atoms with E-state index >= 15 is 0 Å². The van der Waals surface area contributed by atoms with Gasteiger partial charge in [0.1, 0.15) is 0 Å². The number of nitrogens with zero attached hydrogens (tertiary/aromatic N) is 1. The molecule has 1 atom stereocenters. The van der Waals surface area contributed by atoms with Crippen molar-refractivity contribution in [1.29, 1.82) is 0 Å². The highest BCUT2D eigenvalue weighted by molar-refractivity contribution is 9.09. The van der Waals surface area contributed by atoms with E-state index in [-0.39, 0.29) is 0 Å². The van der Waals surface area contributed by atoms with Crippen molar-refractivity contribution in [3.05, 3.63) is 30.6 Å². The molecule has 1 aromatic rings. The number of alkyl halides is 2. The van der Waals surface area contributed by atoms with Crippen molar-refractivity contribution in [3.63, 3.8) is 0 Å². The van der Waals surface area contributed by atoms with Gasteiger partial charge in [0, 0.05) is 23.9 Å². The smallest absolute Gasteiger partial charge is 0.192 e. The Bertz CT molecular complexity index is 201. The molecule has 0 radical (unpaired) electrons. The SMILES string of the molecule is BrCC[C@H](Br)[n+]1ccccc1. The van der Waals surface area contributed by atoms with Crippen LogP contribution in [0, 0.1) is 0 Å². The van der Waals surface area contributed by atoms with E-state index in [2.05, 4.69) is 48.8 Å². The molecule has 3 heteroatoms. The first-order valence-corrected chi connectivity index (χ1v) is 5.54. The fourth-order valence-corrected chi connectivity index (χ4v) is 2.39. The molecule has 0 unspecified atom stereocenters. The highest BCUT2D eigenvalue weighted by Gasteiger charge is 2.10. The molecule has 0 fully saturated rings. The summed E-state index contributed by atoms with van der Waals surface area (Å²) in [5, 5.41) is 1.02. The Morgan fingerprint density at radius 2 is 1.82 bits per heavy atom. The standard InChI is InChI=1S/C8H10Br2N/c9-5-4-8(10)11-6-2-1-3-7-11/h1-3,6-8H,4-5H2/q+1/t8-/m1/s1. The molecule has 0 bridgehead atoms. The van der Waals surface area contributed by atoms with Gasteiger partial charge in [0.15, 0.2) is 12.4 Å². The van der Waals surface area contributed by atoms with Gasteiger partial charge in [-0.05, 0) is 15.9 Å². The Hall–Kier alpha value is 0.110. The van der Waals surface area contributed by atoms with Crippen LogP contribution < -0.4 is 4.57 Å². The molecule has 0 spiro atoms. The van der Waals surface area contributed by atoms with Crippen LogP contribution in [-0.4, -0.2) is 5.33 Å². The molecule has 11 heavy (non-hydrogen) atoms. The molecular weight excluding hydrogens is 270 g/mol. The molecule has 0 aliphatic heterocycles. The molecule has 0 aliphatic carbocycles. The van der Waals surface area contributed by atoms with Gasteiger partial charge in [0.25, 0.3) is 0 Å². The maximum absolute atomic E-state index is 3.58. The molecule has 1 rings (SSSR count). The number of pyridine rings is 1. The van der Waals surface area contributed by atoms with Crippen LogP contribution >= 0.6 is 31.9 Å². The second kappa shape index (κ2) is 4.88. The van der Waals surface area contributed by atoms with Crippen molar-refractivity contribution >= 4 is 31.9 Å². The molecule has 60 valence electrons. The van der Waals surface area contributed by atoms with Crippen molar-refractivity contribution in [1.82, 2.24) is 0 Å². The summed E-state index contributed by atoms with van der Waals surface area (Å²) in [4.78, 5) is 0.406. The summed E-state index contributed by atoms with van der Waals surface area (Å²) < 4.78 is 2.14. The lowest BCUT2D eigenvalue weighted by Gasteiger charge is -2.00. The third-order valence-corrected chi connectivity index (χ3v) is 2.80. The van der Waals surface area contributed by atoms with Crippen LogP contribution in [0.2, 0.25) is 0 Å². The van der Waals surface area contributed by atoms with Gasteiger partial charge in [-0.2, -0.15) is 4.57 Å². The van der Waals surface area contributed by atoms with Crippen LogP contribution in [0.25, 0.3) is 0 Å². The summed E-state index contributed by atoms with van der Waals surface area (Å²) in [7, 11) is 0. The highest BCUT2D eigenvalue weighted by Crippen LogP contribution is 2.11. The summed E-state index contributed by atoms with van der Waals surface area (Å²) >= 11 is 6.98. The van der Waals surface area contributed by atoms with Gasteiger partial charge in [-0.15, -0.1) is 0 Å². The zero-order chi connectivity index (χ0) is 8.10. The van der Waals surface area contributed by atoms with E-state index in [1.807, 2.05) is 18.2 Å². The molecule has 0 N–H and O–H groups in total. The molecular formula is C8H10Br2N+. The molecule has 0 saturated heterocycles. The Morgan fingerprint density at radius 3 is 2.36 bits per heavy atom. The molecule has 1 heterocycles. The van der Waals surface area contributed by atoms with Crippen molar-refractivity contribution in [2.75, 3.05) is 5.33 Å². The maximum Gasteiger partial charge on any atom is 0.212 e. The average Bonchev–Trinajstić information content (AvgIpc) is 2.07. The summed E-state index contributed by atoms with van der Waals surface area (Å²) in [6.45, 7) is 0. The first-order valence-electron chi connectivity index (χ1n) is 3.50. The van der Waals surface area contributed by atoms with E-state index in [1.54, 1.807) is 0 Å². The van der Waals surface area contributed by atoms with Crippen molar-refractivity contribution in [3.8, 4) is 0 Å². The number of rotatable bonds is 3. The third-order valence-electron chi connectivity index (χ3n) is 1.41. The van der Waals surface area contributed by atoms with Crippen LogP contribution in [0.5, 0.6) is 0 Å². The maximum atomic E-state index is 3.58. The molecule has 0 aromatic carbocycles. The van der Waals surface area contributed by atoms with Gasteiger partial charge in [-0.25, -0.2) is 0 Å². The highest BCUT2D eigenvalue weighted by atomic mass is 79.9. The molecule has 1 aromatic heterocycles. The van der Waals surface area contributed by atoms with Gasteiger partial charge in [-0.3, -0.25) is 0 Å². The lowest BCUT2D eigenvalue weighted by Crippen LogP contribution is -2.34. The second-order valence-electron chi connectivity index (χ2n) is 2.23. The van der Waals surface area contributed by atoms with Gasteiger partial charge >= 0.3 is 0 Å². The fourth-order valence-electron chi connectivity index (χ4n) is 0.838. The average molecular weight is 280 g/mol. The lowest BCUT2D eigenvalue weighted by molar-refractivity contribution is -0.697. The van der Waals surface area contributed by atoms with E-state index in [0.717, 1.165) is 11.8 Å². The van der Waals surface area contributed by atoms with Gasteiger partial charge in [0.05, 0.1) is 0 Å².